The van der Waals surface area contributed by atoms with Gasteiger partial charge in [0.25, 0.3) is 0 Å². The van der Waals surface area contributed by atoms with Gasteiger partial charge in [-0.15, -0.1) is 0 Å². The van der Waals surface area contributed by atoms with Gasteiger partial charge < -0.3 is 9.73 Å². The van der Waals surface area contributed by atoms with Crippen molar-refractivity contribution in [2.75, 3.05) is 5.32 Å². The molecule has 0 spiro atoms. The van der Waals surface area contributed by atoms with Crippen LogP contribution < -0.4 is 11.1 Å². The lowest BCUT2D eigenvalue weighted by molar-refractivity contribution is -0.117. The summed E-state index contributed by atoms with van der Waals surface area (Å²) >= 11 is 6.33. The highest BCUT2D eigenvalue weighted by atomic mass is 35.5. The largest absolute Gasteiger partial charge is 0.423 e. The van der Waals surface area contributed by atoms with Crippen molar-refractivity contribution in [2.24, 2.45) is 11.8 Å². The highest BCUT2D eigenvalue weighted by Gasteiger charge is 2.43. The lowest BCUT2D eigenvalue weighted by Crippen LogP contribution is -2.15. The number of nitriles is 1. The van der Waals surface area contributed by atoms with Crippen molar-refractivity contribution in [3.05, 3.63) is 51.9 Å². The number of carbonyl (C=O) groups excluding carboxylic acids is 1. The Morgan fingerprint density at radius 1 is 1.46 bits per heavy atom. The molecule has 1 amide bonds. The van der Waals surface area contributed by atoms with Gasteiger partial charge in [-0.3, -0.25) is 4.79 Å². The van der Waals surface area contributed by atoms with Gasteiger partial charge in [0.2, 0.25) is 5.91 Å². The first-order chi connectivity index (χ1) is 12.5. The topological polar surface area (TPSA) is 101 Å². The normalized spacial score (nSPS) is 18.5. The summed E-state index contributed by atoms with van der Waals surface area (Å²) in [7, 11) is 0. The number of nitrogens with zero attached hydrogens (tertiary/aromatic N) is 3. The van der Waals surface area contributed by atoms with Gasteiger partial charge >= 0.3 is 5.76 Å². The molecule has 26 heavy (non-hydrogen) atoms. The van der Waals surface area contributed by atoms with E-state index in [1.165, 1.54) is 10.8 Å². The number of amides is 1. The number of halogens is 1. The minimum atomic E-state index is -0.503. The SMILES string of the molecule is Cc1coc(=O)n1-c1cc(Cl)c2cnc(NC(=O)[C@@H]3C[C@H]3C#N)cc2c1. The van der Waals surface area contributed by atoms with Gasteiger partial charge in [-0.1, -0.05) is 11.6 Å². The maximum absolute atomic E-state index is 12.1. The molecule has 2 atom stereocenters. The Bertz CT molecular complexity index is 1140. The van der Waals surface area contributed by atoms with Gasteiger partial charge in [-0.25, -0.2) is 14.3 Å². The van der Waals surface area contributed by atoms with Gasteiger partial charge in [0.1, 0.15) is 12.1 Å². The molecule has 2 heterocycles. The van der Waals surface area contributed by atoms with E-state index >= 15 is 0 Å². The fourth-order valence-electron chi connectivity index (χ4n) is 2.94. The van der Waals surface area contributed by atoms with Crippen LogP contribution in [0, 0.1) is 30.1 Å². The molecule has 130 valence electrons. The smallest absolute Gasteiger partial charge is 0.416 e. The lowest BCUT2D eigenvalue weighted by atomic mass is 10.1. The molecule has 1 aliphatic rings. The molecule has 1 aliphatic carbocycles. The third kappa shape index (κ3) is 2.74. The van der Waals surface area contributed by atoms with Gasteiger partial charge in [0.05, 0.1) is 34.3 Å². The first kappa shape index (κ1) is 16.4. The number of benzene rings is 1. The summed E-state index contributed by atoms with van der Waals surface area (Å²) in [6, 6.07) is 7.21. The zero-order valence-electron chi connectivity index (χ0n) is 13.7. The molecule has 8 heteroatoms. The molecule has 0 radical (unpaired) electrons. The van der Waals surface area contributed by atoms with Crippen molar-refractivity contribution < 1.29 is 9.21 Å². The summed E-state index contributed by atoms with van der Waals surface area (Å²) < 4.78 is 6.31. The number of hydrogen-bond acceptors (Lipinski definition) is 5. The Hall–Kier alpha value is -3.11. The van der Waals surface area contributed by atoms with Crippen LogP contribution in [0.25, 0.3) is 16.5 Å². The lowest BCUT2D eigenvalue weighted by Gasteiger charge is -2.09. The van der Waals surface area contributed by atoms with E-state index in [2.05, 4.69) is 16.4 Å². The van der Waals surface area contributed by atoms with Crippen LogP contribution >= 0.6 is 11.6 Å². The summed E-state index contributed by atoms with van der Waals surface area (Å²) in [5.41, 5.74) is 1.21. The van der Waals surface area contributed by atoms with E-state index in [9.17, 15) is 9.59 Å². The first-order valence-electron chi connectivity index (χ1n) is 7.95. The molecular formula is C18H13ClN4O3. The molecular weight excluding hydrogens is 356 g/mol. The average Bonchev–Trinajstić information content (AvgIpc) is 3.33. The van der Waals surface area contributed by atoms with Gasteiger partial charge in [0.15, 0.2) is 0 Å². The Balaban J connectivity index is 1.72. The maximum Gasteiger partial charge on any atom is 0.423 e. The van der Waals surface area contributed by atoms with Crippen molar-refractivity contribution in [2.45, 2.75) is 13.3 Å². The molecule has 4 rings (SSSR count). The standard InChI is InChI=1S/C18H13ClN4O3/c1-9-8-26-18(25)23(9)12-2-10-4-16(21-7-14(10)15(19)5-12)22-17(24)13-3-11(13)6-20/h2,4-5,7-8,11,13H,3H2,1H3,(H,21,22,24)/t11-,13+/m0/s1. The molecule has 0 bridgehead atoms. The Morgan fingerprint density at radius 2 is 2.27 bits per heavy atom. The third-order valence-electron chi connectivity index (χ3n) is 4.44. The Labute approximate surface area is 152 Å². The summed E-state index contributed by atoms with van der Waals surface area (Å²) in [6.07, 6.45) is 3.52. The number of fused-ring (bicyclic) bond motifs is 1. The molecule has 2 aromatic heterocycles. The van der Waals surface area contributed by atoms with E-state index in [0.29, 0.717) is 34.0 Å². The number of pyridine rings is 1. The van der Waals surface area contributed by atoms with E-state index < -0.39 is 5.76 Å². The maximum atomic E-state index is 12.1. The molecule has 3 aromatic rings. The van der Waals surface area contributed by atoms with Crippen molar-refractivity contribution in [3.8, 4) is 11.8 Å². The molecule has 1 aromatic carbocycles. The highest BCUT2D eigenvalue weighted by Crippen LogP contribution is 2.38. The average molecular weight is 369 g/mol. The molecule has 1 fully saturated rings. The van der Waals surface area contributed by atoms with Crippen molar-refractivity contribution in [1.29, 1.82) is 5.26 Å². The molecule has 1 saturated carbocycles. The van der Waals surface area contributed by atoms with Crippen LogP contribution in [0.1, 0.15) is 12.1 Å². The van der Waals surface area contributed by atoms with Crippen molar-refractivity contribution in [1.82, 2.24) is 9.55 Å². The van der Waals surface area contributed by atoms with E-state index in [1.807, 2.05) is 0 Å². The van der Waals surface area contributed by atoms with Gasteiger partial charge in [0, 0.05) is 11.6 Å². The molecule has 0 saturated heterocycles. The van der Waals surface area contributed by atoms with Crippen LogP contribution in [0.3, 0.4) is 0 Å². The number of oxazole rings is 1. The van der Waals surface area contributed by atoms with Crippen LogP contribution in [0.2, 0.25) is 5.02 Å². The number of aromatic nitrogens is 2. The van der Waals surface area contributed by atoms with Crippen molar-refractivity contribution in [3.63, 3.8) is 0 Å². The van der Waals surface area contributed by atoms with Crippen LogP contribution in [0.5, 0.6) is 0 Å². The van der Waals surface area contributed by atoms with Crippen LogP contribution in [0.15, 0.2) is 39.9 Å². The van der Waals surface area contributed by atoms with E-state index in [1.54, 1.807) is 31.3 Å². The molecule has 1 N–H and O–H groups in total. The second-order valence-electron chi connectivity index (χ2n) is 6.26. The fourth-order valence-corrected chi connectivity index (χ4v) is 3.21. The predicted molar refractivity (Wildman–Crippen MR) is 95.2 cm³/mol. The van der Waals surface area contributed by atoms with Crippen LogP contribution in [0.4, 0.5) is 5.82 Å². The fraction of sp³-hybridized carbons (Fsp3) is 0.222. The number of aryl methyl sites for hydroxylation is 1. The van der Waals surface area contributed by atoms with E-state index in [-0.39, 0.29) is 17.7 Å². The number of rotatable bonds is 3. The number of carbonyl (C=O) groups is 1. The van der Waals surface area contributed by atoms with Gasteiger partial charge in [-0.2, -0.15) is 5.26 Å². The molecule has 7 nitrogen and oxygen atoms in total. The van der Waals surface area contributed by atoms with Crippen LogP contribution in [-0.2, 0) is 4.79 Å². The minimum absolute atomic E-state index is 0.215. The Kier molecular flexibility index (Phi) is 3.78. The monoisotopic (exact) mass is 368 g/mol. The second-order valence-corrected chi connectivity index (χ2v) is 6.67. The zero-order chi connectivity index (χ0) is 18.4. The minimum Gasteiger partial charge on any atom is -0.416 e. The van der Waals surface area contributed by atoms with E-state index in [4.69, 9.17) is 21.3 Å². The summed E-state index contributed by atoms with van der Waals surface area (Å²) in [5, 5.41) is 13.4. The van der Waals surface area contributed by atoms with Crippen LogP contribution in [-0.4, -0.2) is 15.5 Å². The Morgan fingerprint density at radius 3 is 2.92 bits per heavy atom. The second kappa shape index (κ2) is 6.00. The quantitative estimate of drug-likeness (QED) is 0.765. The summed E-state index contributed by atoms with van der Waals surface area (Å²) in [4.78, 5) is 28.2. The summed E-state index contributed by atoms with van der Waals surface area (Å²) in [5.74, 6) is -0.841. The number of hydrogen-bond donors (Lipinski definition) is 1. The highest BCUT2D eigenvalue weighted by molar-refractivity contribution is 6.35. The van der Waals surface area contributed by atoms with Gasteiger partial charge in [-0.05, 0) is 36.9 Å². The third-order valence-corrected chi connectivity index (χ3v) is 4.75. The predicted octanol–water partition coefficient (Wildman–Crippen LogP) is 3.04. The molecule has 0 unspecified atom stereocenters. The number of anilines is 1. The molecule has 0 aliphatic heterocycles. The first-order valence-corrected chi connectivity index (χ1v) is 8.33. The summed E-state index contributed by atoms with van der Waals surface area (Å²) in [6.45, 7) is 1.75. The van der Waals surface area contributed by atoms with Crippen molar-refractivity contribution >= 4 is 34.1 Å². The van der Waals surface area contributed by atoms with E-state index in [0.717, 1.165) is 5.39 Å². The number of nitrogens with one attached hydrogen (secondary N) is 1. The zero-order valence-corrected chi connectivity index (χ0v) is 14.4.